The fraction of sp³-hybridized carbons (Fsp3) is 1.00. The molecule has 2 heterocycles. The summed E-state index contributed by atoms with van der Waals surface area (Å²) in [5.74, 6) is 0. The van der Waals surface area contributed by atoms with E-state index in [1.807, 2.05) is 0 Å². The molecule has 0 aliphatic carbocycles. The molecule has 0 radical (unpaired) electrons. The molecule has 2 aliphatic rings. The van der Waals surface area contributed by atoms with Crippen molar-refractivity contribution in [2.24, 2.45) is 5.41 Å². The number of ether oxygens (including phenoxy) is 1. The highest BCUT2D eigenvalue weighted by molar-refractivity contribution is 5.85. The average Bonchev–Trinajstić information content (AvgIpc) is 1.20. The molecule has 0 bridgehead atoms. The number of halogens is 1. The van der Waals surface area contributed by atoms with Crippen molar-refractivity contribution in [3.63, 3.8) is 0 Å². The molecule has 0 aromatic rings. The first-order valence-corrected chi connectivity index (χ1v) is 2.70. The van der Waals surface area contributed by atoms with E-state index in [4.69, 9.17) is 4.74 Å². The minimum Gasteiger partial charge on any atom is -0.380 e. The van der Waals surface area contributed by atoms with E-state index in [-0.39, 0.29) is 12.4 Å². The van der Waals surface area contributed by atoms with E-state index >= 15 is 0 Å². The summed E-state index contributed by atoms with van der Waals surface area (Å²) in [6, 6.07) is 0. The zero-order valence-electron chi connectivity index (χ0n) is 4.64. The molecule has 0 atom stereocenters. The van der Waals surface area contributed by atoms with Crippen molar-refractivity contribution in [2.45, 2.75) is 0 Å². The van der Waals surface area contributed by atoms with Crippen LogP contribution in [0.15, 0.2) is 0 Å². The lowest BCUT2D eigenvalue weighted by atomic mass is 9.80. The molecular formula is C5H10ClNO. The standard InChI is InChI=1S/C5H9NO.ClH/c1-5(2-6-1)3-7-4-5;/h6H,1-4H2;1H. The lowest BCUT2D eigenvalue weighted by Gasteiger charge is -2.48. The van der Waals surface area contributed by atoms with E-state index in [0.717, 1.165) is 13.2 Å². The maximum atomic E-state index is 5.04. The van der Waals surface area contributed by atoms with Crippen molar-refractivity contribution in [1.82, 2.24) is 5.32 Å². The molecule has 1 N–H and O–H groups in total. The Bertz CT molecular complexity index is 72.9. The van der Waals surface area contributed by atoms with E-state index in [1.54, 1.807) is 0 Å². The maximum Gasteiger partial charge on any atom is 0.0569 e. The molecule has 2 fully saturated rings. The van der Waals surface area contributed by atoms with Crippen LogP contribution in [0.1, 0.15) is 0 Å². The van der Waals surface area contributed by atoms with Crippen LogP contribution >= 0.6 is 12.4 Å². The van der Waals surface area contributed by atoms with Crippen LogP contribution in [0.4, 0.5) is 0 Å². The minimum absolute atomic E-state index is 0. The molecule has 8 heavy (non-hydrogen) atoms. The third kappa shape index (κ3) is 0.642. The smallest absolute Gasteiger partial charge is 0.0569 e. The van der Waals surface area contributed by atoms with Crippen LogP contribution in [0.5, 0.6) is 0 Å². The average molecular weight is 136 g/mol. The highest BCUT2D eigenvalue weighted by Crippen LogP contribution is 2.30. The lowest BCUT2D eigenvalue weighted by molar-refractivity contribution is -0.139. The molecule has 3 heteroatoms. The fourth-order valence-electron chi connectivity index (χ4n) is 1.07. The molecule has 2 rings (SSSR count). The van der Waals surface area contributed by atoms with Gasteiger partial charge in [-0.1, -0.05) is 0 Å². The van der Waals surface area contributed by atoms with E-state index in [1.165, 1.54) is 13.1 Å². The highest BCUT2D eigenvalue weighted by Gasteiger charge is 2.43. The Morgan fingerprint density at radius 2 is 1.88 bits per heavy atom. The second-order valence-electron chi connectivity index (χ2n) is 2.60. The van der Waals surface area contributed by atoms with Gasteiger partial charge in [-0.15, -0.1) is 12.4 Å². The number of hydrogen-bond donors (Lipinski definition) is 1. The van der Waals surface area contributed by atoms with Gasteiger partial charge >= 0.3 is 0 Å². The van der Waals surface area contributed by atoms with Gasteiger partial charge in [-0.3, -0.25) is 0 Å². The van der Waals surface area contributed by atoms with E-state index < -0.39 is 0 Å². The summed E-state index contributed by atoms with van der Waals surface area (Å²) < 4.78 is 5.04. The molecule has 48 valence electrons. The third-order valence-electron chi connectivity index (χ3n) is 1.82. The summed E-state index contributed by atoms with van der Waals surface area (Å²) in [4.78, 5) is 0. The summed E-state index contributed by atoms with van der Waals surface area (Å²) in [7, 11) is 0. The monoisotopic (exact) mass is 135 g/mol. The molecule has 2 aliphatic heterocycles. The van der Waals surface area contributed by atoms with Crippen LogP contribution in [0.25, 0.3) is 0 Å². The molecule has 2 saturated heterocycles. The van der Waals surface area contributed by atoms with E-state index in [9.17, 15) is 0 Å². The highest BCUT2D eigenvalue weighted by atomic mass is 35.5. The topological polar surface area (TPSA) is 21.3 Å². The van der Waals surface area contributed by atoms with Crippen molar-refractivity contribution in [1.29, 1.82) is 0 Å². The zero-order chi connectivity index (χ0) is 4.74. The summed E-state index contributed by atoms with van der Waals surface area (Å²) in [5, 5.41) is 3.22. The molecular weight excluding hydrogens is 126 g/mol. The van der Waals surface area contributed by atoms with E-state index in [0.29, 0.717) is 5.41 Å². The van der Waals surface area contributed by atoms with Crippen molar-refractivity contribution < 1.29 is 4.74 Å². The Hall–Kier alpha value is 0.210. The van der Waals surface area contributed by atoms with Gasteiger partial charge in [0.15, 0.2) is 0 Å². The lowest BCUT2D eigenvalue weighted by Crippen LogP contribution is -2.64. The van der Waals surface area contributed by atoms with Crippen LogP contribution in [0, 0.1) is 5.41 Å². The summed E-state index contributed by atoms with van der Waals surface area (Å²) >= 11 is 0. The minimum atomic E-state index is 0. The van der Waals surface area contributed by atoms with Crippen LogP contribution in [-0.2, 0) is 4.74 Å². The van der Waals surface area contributed by atoms with Gasteiger partial charge in [-0.05, 0) is 0 Å². The summed E-state index contributed by atoms with van der Waals surface area (Å²) in [5.41, 5.74) is 0.611. The third-order valence-corrected chi connectivity index (χ3v) is 1.82. The van der Waals surface area contributed by atoms with Crippen molar-refractivity contribution >= 4 is 12.4 Å². The van der Waals surface area contributed by atoms with Gasteiger partial charge in [0.25, 0.3) is 0 Å². The Balaban J connectivity index is 0.000000320. The first-order chi connectivity index (χ1) is 3.41. The molecule has 0 saturated carbocycles. The first kappa shape index (κ1) is 6.33. The quantitative estimate of drug-likeness (QED) is 0.506. The maximum absolute atomic E-state index is 5.04. The van der Waals surface area contributed by atoms with Crippen LogP contribution < -0.4 is 5.32 Å². The number of nitrogens with one attached hydrogen (secondary N) is 1. The second kappa shape index (κ2) is 1.87. The second-order valence-corrected chi connectivity index (χ2v) is 2.60. The van der Waals surface area contributed by atoms with Gasteiger partial charge in [0.2, 0.25) is 0 Å². The van der Waals surface area contributed by atoms with Crippen LogP contribution in [-0.4, -0.2) is 26.3 Å². The normalized spacial score (nSPS) is 30.0. The molecule has 2 nitrogen and oxygen atoms in total. The van der Waals surface area contributed by atoms with Crippen LogP contribution in [0.3, 0.4) is 0 Å². The first-order valence-electron chi connectivity index (χ1n) is 2.70. The van der Waals surface area contributed by atoms with Gasteiger partial charge in [0.1, 0.15) is 0 Å². The van der Waals surface area contributed by atoms with Crippen LogP contribution in [0.2, 0.25) is 0 Å². The number of rotatable bonds is 0. The molecule has 0 aromatic heterocycles. The predicted molar refractivity (Wildman–Crippen MR) is 33.4 cm³/mol. The zero-order valence-corrected chi connectivity index (χ0v) is 5.46. The Kier molecular flexibility index (Phi) is 1.48. The SMILES string of the molecule is C1NCC12COC2.Cl. The largest absolute Gasteiger partial charge is 0.380 e. The van der Waals surface area contributed by atoms with Gasteiger partial charge in [0.05, 0.1) is 13.2 Å². The summed E-state index contributed by atoms with van der Waals surface area (Å²) in [6.07, 6.45) is 0. The molecule has 0 aromatic carbocycles. The summed E-state index contributed by atoms with van der Waals surface area (Å²) in [6.45, 7) is 4.38. The van der Waals surface area contributed by atoms with Crippen molar-refractivity contribution in [2.75, 3.05) is 26.3 Å². The fourth-order valence-corrected chi connectivity index (χ4v) is 1.07. The van der Waals surface area contributed by atoms with Gasteiger partial charge in [-0.2, -0.15) is 0 Å². The Labute approximate surface area is 55.0 Å². The van der Waals surface area contributed by atoms with Crippen molar-refractivity contribution in [3.8, 4) is 0 Å². The molecule has 0 unspecified atom stereocenters. The Morgan fingerprint density at radius 1 is 1.25 bits per heavy atom. The van der Waals surface area contributed by atoms with Gasteiger partial charge in [0, 0.05) is 18.5 Å². The van der Waals surface area contributed by atoms with E-state index in [2.05, 4.69) is 5.32 Å². The Morgan fingerprint density at radius 3 is 1.88 bits per heavy atom. The van der Waals surface area contributed by atoms with Gasteiger partial charge < -0.3 is 10.1 Å². The number of hydrogen-bond acceptors (Lipinski definition) is 2. The van der Waals surface area contributed by atoms with Crippen molar-refractivity contribution in [3.05, 3.63) is 0 Å². The molecule has 1 spiro atoms. The predicted octanol–water partition coefficient (Wildman–Crippen LogP) is 0.0280. The molecule has 0 amide bonds. The van der Waals surface area contributed by atoms with Gasteiger partial charge in [-0.25, -0.2) is 0 Å².